The minimum absolute atomic E-state index is 0.275. The molecule has 0 saturated heterocycles. The maximum absolute atomic E-state index is 4.02. The van der Waals surface area contributed by atoms with Gasteiger partial charge in [0.25, 0.3) is 0 Å². The maximum atomic E-state index is 4.02. The Morgan fingerprint density at radius 1 is 1.50 bits per heavy atom. The minimum atomic E-state index is 0.275. The molecule has 1 unspecified atom stereocenters. The van der Waals surface area contributed by atoms with Crippen LogP contribution in [0.1, 0.15) is 34.7 Å². The third kappa shape index (κ3) is 2.51. The number of aryl methyl sites for hydroxylation is 1. The highest BCUT2D eigenvalue weighted by molar-refractivity contribution is 7.12. The number of nitrogens with zero attached hydrogens (tertiary/aromatic N) is 1. The van der Waals surface area contributed by atoms with Gasteiger partial charge < -0.3 is 5.32 Å². The summed E-state index contributed by atoms with van der Waals surface area (Å²) in [4.78, 5) is 2.70. The molecule has 0 bridgehead atoms. The van der Waals surface area contributed by atoms with Gasteiger partial charge in [-0.15, -0.1) is 11.3 Å². The summed E-state index contributed by atoms with van der Waals surface area (Å²) >= 11 is 1.84. The molecule has 0 spiro atoms. The monoisotopic (exact) mass is 235 g/mol. The van der Waals surface area contributed by atoms with Gasteiger partial charge in [0.15, 0.2) is 0 Å². The van der Waals surface area contributed by atoms with Crippen LogP contribution < -0.4 is 5.32 Å². The Balaban J connectivity index is 2.21. The fourth-order valence-corrected chi connectivity index (χ4v) is 2.68. The van der Waals surface area contributed by atoms with E-state index in [4.69, 9.17) is 0 Å². The Kier molecular flexibility index (Phi) is 3.74. The molecule has 4 heteroatoms. The second-order valence-corrected chi connectivity index (χ2v) is 5.19. The Labute approximate surface area is 99.9 Å². The zero-order valence-corrected chi connectivity index (χ0v) is 10.5. The van der Waals surface area contributed by atoms with Gasteiger partial charge in [-0.05, 0) is 32.0 Å². The molecular weight excluding hydrogens is 218 g/mol. The molecule has 0 amide bonds. The summed E-state index contributed by atoms with van der Waals surface area (Å²) in [6.45, 7) is 5.34. The van der Waals surface area contributed by atoms with Gasteiger partial charge in [-0.1, -0.05) is 6.92 Å². The van der Waals surface area contributed by atoms with E-state index >= 15 is 0 Å². The first-order valence-electron chi connectivity index (χ1n) is 5.59. The lowest BCUT2D eigenvalue weighted by atomic mass is 10.1. The van der Waals surface area contributed by atoms with Crippen molar-refractivity contribution in [1.29, 1.82) is 0 Å². The molecule has 0 aliphatic rings. The highest BCUT2D eigenvalue weighted by Crippen LogP contribution is 2.27. The summed E-state index contributed by atoms with van der Waals surface area (Å²) < 4.78 is 0. The zero-order chi connectivity index (χ0) is 11.4. The van der Waals surface area contributed by atoms with Crippen molar-refractivity contribution in [3.63, 3.8) is 0 Å². The molecule has 2 rings (SSSR count). The average molecular weight is 235 g/mol. The first kappa shape index (κ1) is 11.4. The van der Waals surface area contributed by atoms with Crippen LogP contribution in [0.25, 0.3) is 0 Å². The number of nitrogens with one attached hydrogen (secondary N) is 2. The summed E-state index contributed by atoms with van der Waals surface area (Å²) in [6.07, 6.45) is 4.99. The van der Waals surface area contributed by atoms with Crippen molar-refractivity contribution in [3.8, 4) is 0 Å². The standard InChI is InChI=1S/C12H17N3S/c1-3-6-13-12(10-7-14-15-8-10)11-5-4-9(2)16-11/h4-5,7-8,12-13H,3,6H2,1-2H3,(H,14,15). The largest absolute Gasteiger partial charge is 0.306 e. The van der Waals surface area contributed by atoms with Crippen LogP contribution in [0.2, 0.25) is 0 Å². The molecule has 0 radical (unpaired) electrons. The van der Waals surface area contributed by atoms with Gasteiger partial charge in [0.05, 0.1) is 12.2 Å². The Hall–Kier alpha value is -1.13. The van der Waals surface area contributed by atoms with Gasteiger partial charge in [-0.2, -0.15) is 5.10 Å². The third-order valence-corrected chi connectivity index (χ3v) is 3.56. The molecule has 3 nitrogen and oxygen atoms in total. The van der Waals surface area contributed by atoms with Gasteiger partial charge in [-0.3, -0.25) is 5.10 Å². The normalized spacial score (nSPS) is 12.9. The van der Waals surface area contributed by atoms with Crippen LogP contribution in [0.3, 0.4) is 0 Å². The number of thiophene rings is 1. The predicted molar refractivity (Wildman–Crippen MR) is 67.8 cm³/mol. The highest BCUT2D eigenvalue weighted by atomic mass is 32.1. The lowest BCUT2D eigenvalue weighted by Gasteiger charge is -2.15. The molecule has 0 aromatic carbocycles. The number of aromatic amines is 1. The minimum Gasteiger partial charge on any atom is -0.306 e. The number of hydrogen-bond acceptors (Lipinski definition) is 3. The molecule has 2 aromatic rings. The van der Waals surface area contributed by atoms with Crippen molar-refractivity contribution in [1.82, 2.24) is 15.5 Å². The predicted octanol–water partition coefficient (Wildman–Crippen LogP) is 2.87. The number of rotatable bonds is 5. The van der Waals surface area contributed by atoms with Crippen molar-refractivity contribution < 1.29 is 0 Å². The molecule has 1 atom stereocenters. The molecule has 86 valence electrons. The van der Waals surface area contributed by atoms with Crippen molar-refractivity contribution in [2.45, 2.75) is 26.3 Å². The Morgan fingerprint density at radius 2 is 2.38 bits per heavy atom. The van der Waals surface area contributed by atoms with E-state index in [2.05, 4.69) is 41.5 Å². The van der Waals surface area contributed by atoms with Crippen LogP contribution in [0.5, 0.6) is 0 Å². The van der Waals surface area contributed by atoms with E-state index in [1.54, 1.807) is 0 Å². The van der Waals surface area contributed by atoms with Crippen LogP contribution in [0.4, 0.5) is 0 Å². The van der Waals surface area contributed by atoms with Crippen molar-refractivity contribution >= 4 is 11.3 Å². The molecule has 0 fully saturated rings. The Bertz CT molecular complexity index is 419. The zero-order valence-electron chi connectivity index (χ0n) is 9.66. The summed E-state index contributed by atoms with van der Waals surface area (Å²) in [6, 6.07) is 4.64. The van der Waals surface area contributed by atoms with Crippen molar-refractivity contribution in [3.05, 3.63) is 39.8 Å². The van der Waals surface area contributed by atoms with E-state index in [0.717, 1.165) is 13.0 Å². The van der Waals surface area contributed by atoms with E-state index < -0.39 is 0 Å². The van der Waals surface area contributed by atoms with Gasteiger partial charge in [0.2, 0.25) is 0 Å². The van der Waals surface area contributed by atoms with Gasteiger partial charge >= 0.3 is 0 Å². The van der Waals surface area contributed by atoms with E-state index in [0.29, 0.717) is 0 Å². The van der Waals surface area contributed by atoms with Crippen LogP contribution in [0.15, 0.2) is 24.5 Å². The number of aromatic nitrogens is 2. The fourth-order valence-electron chi connectivity index (χ4n) is 1.70. The van der Waals surface area contributed by atoms with Gasteiger partial charge in [0.1, 0.15) is 0 Å². The summed E-state index contributed by atoms with van der Waals surface area (Å²) in [5.41, 5.74) is 1.20. The molecule has 0 saturated carbocycles. The SMILES string of the molecule is CCCNC(c1cn[nH]c1)c1ccc(C)s1. The van der Waals surface area contributed by atoms with Gasteiger partial charge in [-0.25, -0.2) is 0 Å². The quantitative estimate of drug-likeness (QED) is 0.836. The van der Waals surface area contributed by atoms with E-state index in [-0.39, 0.29) is 6.04 Å². The number of H-pyrrole nitrogens is 1. The molecule has 16 heavy (non-hydrogen) atoms. The lowest BCUT2D eigenvalue weighted by Crippen LogP contribution is -2.21. The Morgan fingerprint density at radius 3 is 2.94 bits per heavy atom. The smallest absolute Gasteiger partial charge is 0.0702 e. The van der Waals surface area contributed by atoms with Crippen molar-refractivity contribution in [2.24, 2.45) is 0 Å². The first-order chi connectivity index (χ1) is 7.81. The van der Waals surface area contributed by atoms with Gasteiger partial charge in [0, 0.05) is 21.5 Å². The molecule has 2 heterocycles. The molecule has 0 aliphatic carbocycles. The van der Waals surface area contributed by atoms with E-state index in [1.807, 2.05) is 23.7 Å². The van der Waals surface area contributed by atoms with Crippen molar-refractivity contribution in [2.75, 3.05) is 6.54 Å². The highest BCUT2D eigenvalue weighted by Gasteiger charge is 2.15. The topological polar surface area (TPSA) is 40.7 Å². The molecule has 2 aromatic heterocycles. The maximum Gasteiger partial charge on any atom is 0.0702 e. The van der Waals surface area contributed by atoms with Crippen LogP contribution >= 0.6 is 11.3 Å². The van der Waals surface area contributed by atoms with Crippen LogP contribution in [0, 0.1) is 6.92 Å². The third-order valence-electron chi connectivity index (χ3n) is 2.50. The van der Waals surface area contributed by atoms with Crippen LogP contribution in [-0.2, 0) is 0 Å². The van der Waals surface area contributed by atoms with E-state index in [9.17, 15) is 0 Å². The number of hydrogen-bond donors (Lipinski definition) is 2. The first-order valence-corrected chi connectivity index (χ1v) is 6.41. The second-order valence-electron chi connectivity index (χ2n) is 3.87. The lowest BCUT2D eigenvalue weighted by molar-refractivity contribution is 0.606. The summed E-state index contributed by atoms with van der Waals surface area (Å²) in [7, 11) is 0. The molecule has 2 N–H and O–H groups in total. The summed E-state index contributed by atoms with van der Waals surface area (Å²) in [5, 5.41) is 10.5. The fraction of sp³-hybridized carbons (Fsp3) is 0.417. The van der Waals surface area contributed by atoms with Crippen LogP contribution in [-0.4, -0.2) is 16.7 Å². The second kappa shape index (κ2) is 5.27. The molecule has 0 aliphatic heterocycles. The van der Waals surface area contributed by atoms with E-state index in [1.165, 1.54) is 15.3 Å². The molecular formula is C12H17N3S. The summed E-state index contributed by atoms with van der Waals surface area (Å²) in [5.74, 6) is 0. The average Bonchev–Trinajstić information content (AvgIpc) is 2.91.